The van der Waals surface area contributed by atoms with E-state index in [0.717, 1.165) is 16.7 Å². The fourth-order valence-corrected chi connectivity index (χ4v) is 3.04. The normalized spacial score (nSPS) is 11.0. The highest BCUT2D eigenvalue weighted by molar-refractivity contribution is 5.64. The van der Waals surface area contributed by atoms with Crippen molar-refractivity contribution in [2.45, 2.75) is 33.1 Å². The summed E-state index contributed by atoms with van der Waals surface area (Å²) in [5, 5.41) is 0. The van der Waals surface area contributed by atoms with Crippen LogP contribution in [0.3, 0.4) is 0 Å². The van der Waals surface area contributed by atoms with Crippen molar-refractivity contribution in [1.82, 2.24) is 0 Å². The summed E-state index contributed by atoms with van der Waals surface area (Å²) in [5.41, 5.74) is 4.20. The van der Waals surface area contributed by atoms with Gasteiger partial charge in [-0.25, -0.2) is 13.2 Å². The third kappa shape index (κ3) is 3.82. The smallest absolute Gasteiger partial charge is 0.162 e. The molecule has 0 N–H and O–H groups in total. The average molecular weight is 354 g/mol. The molecule has 134 valence electrons. The summed E-state index contributed by atoms with van der Waals surface area (Å²) in [4.78, 5) is 0. The van der Waals surface area contributed by atoms with E-state index in [1.165, 1.54) is 0 Å². The van der Waals surface area contributed by atoms with Gasteiger partial charge in [-0.2, -0.15) is 0 Å². The molecular formula is C23H21F3. The maximum atomic E-state index is 14.0. The van der Waals surface area contributed by atoms with E-state index in [1.807, 2.05) is 43.3 Å². The molecular weight excluding hydrogens is 333 g/mol. The van der Waals surface area contributed by atoms with Crippen molar-refractivity contribution in [2.75, 3.05) is 0 Å². The topological polar surface area (TPSA) is 0 Å². The zero-order chi connectivity index (χ0) is 18.7. The monoisotopic (exact) mass is 354 g/mol. The van der Waals surface area contributed by atoms with Crippen LogP contribution in [0.4, 0.5) is 13.2 Å². The van der Waals surface area contributed by atoms with Crippen molar-refractivity contribution in [3.05, 3.63) is 94.3 Å². The van der Waals surface area contributed by atoms with Crippen LogP contribution in [-0.4, -0.2) is 0 Å². The van der Waals surface area contributed by atoms with Gasteiger partial charge in [0.05, 0.1) is 0 Å². The minimum absolute atomic E-state index is 0.189. The minimum Gasteiger partial charge on any atom is -0.207 e. The zero-order valence-corrected chi connectivity index (χ0v) is 15.0. The van der Waals surface area contributed by atoms with Crippen molar-refractivity contribution in [3.8, 4) is 11.1 Å². The molecule has 0 fully saturated rings. The van der Waals surface area contributed by atoms with Crippen molar-refractivity contribution in [3.63, 3.8) is 0 Å². The van der Waals surface area contributed by atoms with Crippen LogP contribution >= 0.6 is 0 Å². The number of rotatable bonds is 5. The predicted molar refractivity (Wildman–Crippen MR) is 99.7 cm³/mol. The first kappa shape index (κ1) is 18.2. The molecule has 0 aromatic heterocycles. The number of hydrogen-bond donors (Lipinski definition) is 0. The summed E-state index contributed by atoms with van der Waals surface area (Å²) >= 11 is 0. The molecule has 26 heavy (non-hydrogen) atoms. The first-order valence-corrected chi connectivity index (χ1v) is 8.80. The SMILES string of the molecule is CCc1ccc(-c2ccc(CCc3ccc(C)c(F)c3F)cc2)cc1F. The Hall–Kier alpha value is -2.55. The van der Waals surface area contributed by atoms with E-state index in [0.29, 0.717) is 36.0 Å². The molecule has 0 heterocycles. The molecule has 0 aliphatic heterocycles. The summed E-state index contributed by atoms with van der Waals surface area (Å²) in [6.45, 7) is 3.48. The highest BCUT2D eigenvalue weighted by Gasteiger charge is 2.11. The molecule has 0 spiro atoms. The average Bonchev–Trinajstić information content (AvgIpc) is 2.66. The Morgan fingerprint density at radius 2 is 1.35 bits per heavy atom. The van der Waals surface area contributed by atoms with Crippen LogP contribution in [0.25, 0.3) is 11.1 Å². The Labute approximate surface area is 152 Å². The maximum Gasteiger partial charge on any atom is 0.162 e. The highest BCUT2D eigenvalue weighted by Crippen LogP contribution is 2.24. The first-order chi connectivity index (χ1) is 12.5. The minimum atomic E-state index is -0.768. The van der Waals surface area contributed by atoms with Crippen LogP contribution in [0.1, 0.15) is 29.2 Å². The second-order valence-corrected chi connectivity index (χ2v) is 6.53. The van der Waals surface area contributed by atoms with Crippen LogP contribution < -0.4 is 0 Å². The summed E-state index contributed by atoms with van der Waals surface area (Å²) in [6, 6.07) is 16.3. The molecule has 0 bridgehead atoms. The Kier molecular flexibility index (Phi) is 5.46. The molecule has 0 amide bonds. The molecule has 0 saturated heterocycles. The molecule has 3 aromatic rings. The number of hydrogen-bond acceptors (Lipinski definition) is 0. The standard InChI is InChI=1S/C23H21F3/c1-3-17-12-13-20(14-21(17)24)18-9-5-16(6-10-18)7-11-19-8-4-15(2)22(25)23(19)26/h4-6,8-10,12-14H,3,7,11H2,1-2H3. The number of halogens is 3. The Morgan fingerprint density at radius 1 is 0.692 bits per heavy atom. The highest BCUT2D eigenvalue weighted by atomic mass is 19.2. The van der Waals surface area contributed by atoms with Gasteiger partial charge in [0.15, 0.2) is 11.6 Å². The lowest BCUT2D eigenvalue weighted by molar-refractivity contribution is 0.493. The van der Waals surface area contributed by atoms with E-state index in [1.54, 1.807) is 25.1 Å². The third-order valence-electron chi connectivity index (χ3n) is 4.76. The van der Waals surface area contributed by atoms with Crippen LogP contribution in [0.15, 0.2) is 54.6 Å². The van der Waals surface area contributed by atoms with Gasteiger partial charge >= 0.3 is 0 Å². The van der Waals surface area contributed by atoms with Crippen LogP contribution in [0.5, 0.6) is 0 Å². The number of benzene rings is 3. The fraction of sp³-hybridized carbons (Fsp3) is 0.217. The molecule has 0 unspecified atom stereocenters. The van der Waals surface area contributed by atoms with Crippen molar-refractivity contribution in [1.29, 1.82) is 0 Å². The molecule has 0 aliphatic carbocycles. The van der Waals surface area contributed by atoms with E-state index >= 15 is 0 Å². The summed E-state index contributed by atoms with van der Waals surface area (Å²) in [5.74, 6) is -1.71. The van der Waals surface area contributed by atoms with E-state index in [9.17, 15) is 13.2 Å². The summed E-state index contributed by atoms with van der Waals surface area (Å²) < 4.78 is 41.5. The number of aryl methyl sites for hydroxylation is 4. The second-order valence-electron chi connectivity index (χ2n) is 6.53. The molecule has 3 rings (SSSR count). The van der Waals surface area contributed by atoms with Gasteiger partial charge in [-0.15, -0.1) is 0 Å². The lowest BCUT2D eigenvalue weighted by Gasteiger charge is -2.08. The van der Waals surface area contributed by atoms with Crippen molar-refractivity contribution in [2.24, 2.45) is 0 Å². The zero-order valence-electron chi connectivity index (χ0n) is 15.0. The van der Waals surface area contributed by atoms with Gasteiger partial charge in [0.2, 0.25) is 0 Å². The lowest BCUT2D eigenvalue weighted by Crippen LogP contribution is -1.99. The van der Waals surface area contributed by atoms with Crippen molar-refractivity contribution < 1.29 is 13.2 Å². The quantitative estimate of drug-likeness (QED) is 0.495. The van der Waals surface area contributed by atoms with Gasteiger partial charge in [-0.3, -0.25) is 0 Å². The van der Waals surface area contributed by atoms with Crippen LogP contribution in [0, 0.1) is 24.4 Å². The molecule has 0 saturated carbocycles. The second kappa shape index (κ2) is 7.77. The Bertz CT molecular complexity index is 911. The van der Waals surface area contributed by atoms with Gasteiger partial charge in [-0.05, 0) is 65.6 Å². The summed E-state index contributed by atoms with van der Waals surface area (Å²) in [7, 11) is 0. The molecule has 3 aromatic carbocycles. The predicted octanol–water partition coefficient (Wildman–Crippen LogP) is 6.43. The van der Waals surface area contributed by atoms with Crippen LogP contribution in [0.2, 0.25) is 0 Å². The Balaban J connectivity index is 1.72. The first-order valence-electron chi connectivity index (χ1n) is 8.80. The van der Waals surface area contributed by atoms with Crippen LogP contribution in [-0.2, 0) is 19.3 Å². The van der Waals surface area contributed by atoms with Gasteiger partial charge in [0.1, 0.15) is 5.82 Å². The molecule has 0 nitrogen and oxygen atoms in total. The van der Waals surface area contributed by atoms with Crippen molar-refractivity contribution >= 4 is 0 Å². The van der Waals surface area contributed by atoms with E-state index in [2.05, 4.69) is 0 Å². The molecule has 0 radical (unpaired) electrons. The van der Waals surface area contributed by atoms with E-state index in [-0.39, 0.29) is 5.82 Å². The van der Waals surface area contributed by atoms with Gasteiger partial charge in [0, 0.05) is 0 Å². The Morgan fingerprint density at radius 3 is 2.00 bits per heavy atom. The third-order valence-corrected chi connectivity index (χ3v) is 4.76. The fourth-order valence-electron chi connectivity index (χ4n) is 3.04. The molecule has 0 atom stereocenters. The lowest BCUT2D eigenvalue weighted by atomic mass is 9.98. The molecule has 0 aliphatic rings. The van der Waals surface area contributed by atoms with Gasteiger partial charge < -0.3 is 0 Å². The van der Waals surface area contributed by atoms with E-state index in [4.69, 9.17) is 0 Å². The molecule has 3 heteroatoms. The summed E-state index contributed by atoms with van der Waals surface area (Å²) in [6.07, 6.45) is 1.71. The van der Waals surface area contributed by atoms with Gasteiger partial charge in [0.25, 0.3) is 0 Å². The van der Waals surface area contributed by atoms with Gasteiger partial charge in [-0.1, -0.05) is 55.5 Å². The largest absolute Gasteiger partial charge is 0.207 e. The van der Waals surface area contributed by atoms with E-state index < -0.39 is 11.6 Å². The maximum absolute atomic E-state index is 14.0.